The van der Waals surface area contributed by atoms with Crippen LogP contribution >= 0.6 is 0 Å². The summed E-state index contributed by atoms with van der Waals surface area (Å²) in [4.78, 5) is 10.8. The van der Waals surface area contributed by atoms with Gasteiger partial charge in [0.25, 0.3) is 0 Å². The molecule has 0 aliphatic carbocycles. The van der Waals surface area contributed by atoms with Gasteiger partial charge < -0.3 is 20.9 Å². The Bertz CT molecular complexity index is 338. The molecule has 0 aliphatic heterocycles. The van der Waals surface area contributed by atoms with E-state index in [1.165, 1.54) is 7.05 Å². The third-order valence-electron chi connectivity index (χ3n) is 2.07. The lowest BCUT2D eigenvalue weighted by molar-refractivity contribution is 0.141. The molecule has 1 aromatic carbocycles. The van der Waals surface area contributed by atoms with E-state index in [1.54, 1.807) is 24.3 Å². The molecule has 0 radical (unpaired) electrons. The Hall–Kier alpha value is -1.75. The van der Waals surface area contributed by atoms with E-state index in [9.17, 15) is 4.79 Å². The third-order valence-corrected chi connectivity index (χ3v) is 2.07. The predicted octanol–water partition coefficient (Wildman–Crippen LogP) is 0.618. The van der Waals surface area contributed by atoms with Crippen molar-refractivity contribution in [2.45, 2.75) is 12.5 Å². The molecule has 0 spiro atoms. The fourth-order valence-electron chi connectivity index (χ4n) is 1.25. The molecule has 1 rings (SSSR count). The molecule has 16 heavy (non-hydrogen) atoms. The Morgan fingerprint density at radius 2 is 2.12 bits per heavy atom. The fourth-order valence-corrected chi connectivity index (χ4v) is 1.25. The maximum absolute atomic E-state index is 10.8. The van der Waals surface area contributed by atoms with Crippen molar-refractivity contribution in [1.82, 2.24) is 5.32 Å². The lowest BCUT2D eigenvalue weighted by Gasteiger charge is -2.11. The second kappa shape index (κ2) is 5.97. The van der Waals surface area contributed by atoms with Gasteiger partial charge in [0, 0.05) is 13.1 Å². The number of carbonyl (C=O) groups excluding carboxylic acids is 1. The normalized spacial score (nSPS) is 11.9. The van der Waals surface area contributed by atoms with E-state index in [0.717, 1.165) is 5.56 Å². The van der Waals surface area contributed by atoms with Crippen LogP contribution in [-0.2, 0) is 11.2 Å². The number of ether oxygens (including phenoxy) is 1. The van der Waals surface area contributed by atoms with Gasteiger partial charge in [-0.3, -0.25) is 0 Å². The minimum atomic E-state index is -0.485. The van der Waals surface area contributed by atoms with Crippen LogP contribution < -0.4 is 11.1 Å². The molecule has 88 valence electrons. The first-order valence-corrected chi connectivity index (χ1v) is 5.00. The minimum Gasteiger partial charge on any atom is -0.508 e. The lowest BCUT2D eigenvalue weighted by Crippen LogP contribution is -2.32. The van der Waals surface area contributed by atoms with Gasteiger partial charge in [-0.05, 0) is 24.1 Å². The van der Waals surface area contributed by atoms with Crippen LogP contribution in [0.2, 0.25) is 0 Å². The molecule has 1 atom stereocenters. The number of benzene rings is 1. The van der Waals surface area contributed by atoms with E-state index in [0.29, 0.717) is 6.42 Å². The van der Waals surface area contributed by atoms with Crippen molar-refractivity contribution < 1.29 is 14.6 Å². The van der Waals surface area contributed by atoms with E-state index < -0.39 is 6.09 Å². The van der Waals surface area contributed by atoms with Gasteiger partial charge in [-0.2, -0.15) is 0 Å². The number of rotatable bonds is 4. The molecule has 0 fully saturated rings. The molecule has 1 unspecified atom stereocenters. The van der Waals surface area contributed by atoms with Gasteiger partial charge >= 0.3 is 6.09 Å². The van der Waals surface area contributed by atoms with Crippen LogP contribution in [0.25, 0.3) is 0 Å². The first-order valence-electron chi connectivity index (χ1n) is 5.00. The largest absolute Gasteiger partial charge is 0.508 e. The summed E-state index contributed by atoms with van der Waals surface area (Å²) in [6.07, 6.45) is 0.109. The zero-order valence-corrected chi connectivity index (χ0v) is 9.14. The molecule has 4 N–H and O–H groups in total. The summed E-state index contributed by atoms with van der Waals surface area (Å²) in [5, 5.41) is 11.4. The van der Waals surface area contributed by atoms with Crippen molar-refractivity contribution >= 4 is 6.09 Å². The van der Waals surface area contributed by atoms with E-state index in [4.69, 9.17) is 15.6 Å². The summed E-state index contributed by atoms with van der Waals surface area (Å²) >= 11 is 0. The van der Waals surface area contributed by atoms with Crippen molar-refractivity contribution in [3.63, 3.8) is 0 Å². The summed E-state index contributed by atoms with van der Waals surface area (Å²) in [5.41, 5.74) is 6.77. The quantitative estimate of drug-likeness (QED) is 0.700. The maximum atomic E-state index is 10.8. The van der Waals surface area contributed by atoms with Gasteiger partial charge in [-0.25, -0.2) is 4.79 Å². The van der Waals surface area contributed by atoms with Crippen LogP contribution in [0.15, 0.2) is 24.3 Å². The van der Waals surface area contributed by atoms with Gasteiger partial charge in [-0.15, -0.1) is 0 Å². The SMILES string of the molecule is CNC(=O)OCC(N)Cc1ccc(O)cc1. The number of hydrogen-bond acceptors (Lipinski definition) is 4. The van der Waals surface area contributed by atoms with Crippen molar-refractivity contribution in [1.29, 1.82) is 0 Å². The van der Waals surface area contributed by atoms with Crippen LogP contribution in [0.5, 0.6) is 5.75 Å². The highest BCUT2D eigenvalue weighted by molar-refractivity contribution is 5.66. The summed E-state index contributed by atoms with van der Waals surface area (Å²) in [7, 11) is 1.49. The van der Waals surface area contributed by atoms with Crippen LogP contribution in [0, 0.1) is 0 Å². The number of carbonyl (C=O) groups is 1. The fraction of sp³-hybridized carbons (Fsp3) is 0.364. The van der Waals surface area contributed by atoms with E-state index in [1.807, 2.05) is 0 Å². The predicted molar refractivity (Wildman–Crippen MR) is 60.2 cm³/mol. The Labute approximate surface area is 94.2 Å². The Morgan fingerprint density at radius 1 is 1.50 bits per heavy atom. The van der Waals surface area contributed by atoms with Crippen LogP contribution in [-0.4, -0.2) is 30.9 Å². The number of aromatic hydroxyl groups is 1. The molecular weight excluding hydrogens is 208 g/mol. The van der Waals surface area contributed by atoms with E-state index in [2.05, 4.69) is 5.32 Å². The molecule has 5 heteroatoms. The second-order valence-corrected chi connectivity index (χ2v) is 3.48. The summed E-state index contributed by atoms with van der Waals surface area (Å²) in [5.74, 6) is 0.221. The summed E-state index contributed by atoms with van der Waals surface area (Å²) in [6, 6.07) is 6.52. The van der Waals surface area contributed by atoms with Crippen molar-refractivity contribution in [2.24, 2.45) is 5.73 Å². The molecule has 0 aromatic heterocycles. The Morgan fingerprint density at radius 3 is 2.69 bits per heavy atom. The average molecular weight is 224 g/mol. The van der Waals surface area contributed by atoms with Gasteiger partial charge in [-0.1, -0.05) is 12.1 Å². The highest BCUT2D eigenvalue weighted by atomic mass is 16.5. The van der Waals surface area contributed by atoms with Crippen molar-refractivity contribution in [2.75, 3.05) is 13.7 Å². The maximum Gasteiger partial charge on any atom is 0.406 e. The number of alkyl carbamates (subject to hydrolysis) is 1. The average Bonchev–Trinajstić information content (AvgIpc) is 2.29. The van der Waals surface area contributed by atoms with Crippen LogP contribution in [0.3, 0.4) is 0 Å². The molecule has 5 nitrogen and oxygen atoms in total. The monoisotopic (exact) mass is 224 g/mol. The molecule has 0 bridgehead atoms. The van der Waals surface area contributed by atoms with Gasteiger partial charge in [0.15, 0.2) is 0 Å². The van der Waals surface area contributed by atoms with Gasteiger partial charge in [0.05, 0.1) is 0 Å². The van der Waals surface area contributed by atoms with E-state index in [-0.39, 0.29) is 18.4 Å². The second-order valence-electron chi connectivity index (χ2n) is 3.48. The first kappa shape index (κ1) is 12.3. The zero-order valence-electron chi connectivity index (χ0n) is 9.14. The molecular formula is C11H16N2O3. The lowest BCUT2D eigenvalue weighted by atomic mass is 10.1. The number of phenols is 1. The van der Waals surface area contributed by atoms with Gasteiger partial charge in [0.2, 0.25) is 0 Å². The Balaban J connectivity index is 2.36. The van der Waals surface area contributed by atoms with Crippen molar-refractivity contribution in [3.05, 3.63) is 29.8 Å². The summed E-state index contributed by atoms with van der Waals surface area (Å²) < 4.78 is 4.82. The topological polar surface area (TPSA) is 84.6 Å². The van der Waals surface area contributed by atoms with E-state index >= 15 is 0 Å². The smallest absolute Gasteiger partial charge is 0.406 e. The minimum absolute atomic E-state index is 0.167. The molecule has 0 aliphatic rings. The third kappa shape index (κ3) is 4.18. The molecule has 0 saturated carbocycles. The molecule has 1 aromatic rings. The highest BCUT2D eigenvalue weighted by Crippen LogP contribution is 2.10. The standard InChI is InChI=1S/C11H16N2O3/c1-13-11(15)16-7-9(12)6-8-2-4-10(14)5-3-8/h2-5,9,14H,6-7,12H2,1H3,(H,13,15). The Kier molecular flexibility index (Phi) is 4.60. The molecule has 1 amide bonds. The number of hydrogen-bond donors (Lipinski definition) is 3. The first-order chi connectivity index (χ1) is 7.61. The van der Waals surface area contributed by atoms with Crippen LogP contribution in [0.4, 0.5) is 4.79 Å². The number of nitrogens with two attached hydrogens (primary N) is 1. The number of amides is 1. The zero-order chi connectivity index (χ0) is 12.0. The number of nitrogens with one attached hydrogen (secondary N) is 1. The van der Waals surface area contributed by atoms with Crippen molar-refractivity contribution in [3.8, 4) is 5.75 Å². The molecule has 0 heterocycles. The van der Waals surface area contributed by atoms with Gasteiger partial charge in [0.1, 0.15) is 12.4 Å². The number of phenolic OH excluding ortho intramolecular Hbond substituents is 1. The highest BCUT2D eigenvalue weighted by Gasteiger charge is 2.07. The summed E-state index contributed by atoms with van der Waals surface area (Å²) in [6.45, 7) is 0.167. The van der Waals surface area contributed by atoms with Crippen LogP contribution in [0.1, 0.15) is 5.56 Å². The molecule has 0 saturated heterocycles.